The summed E-state index contributed by atoms with van der Waals surface area (Å²) in [6, 6.07) is 4.49. The quantitative estimate of drug-likeness (QED) is 0.723. The highest BCUT2D eigenvalue weighted by Crippen LogP contribution is 2.39. The molecule has 1 amide bonds. The number of thioether (sulfide) groups is 1. The maximum Gasteiger partial charge on any atom is 0.446 e. The van der Waals surface area contributed by atoms with Gasteiger partial charge in [0, 0.05) is 24.1 Å². The first kappa shape index (κ1) is 12.3. The fraction of sp³-hybridized carbons (Fsp3) is 0.364. The van der Waals surface area contributed by atoms with Crippen LogP contribution in [0, 0.1) is 0 Å². The normalized spacial score (nSPS) is 14.9. The summed E-state index contributed by atoms with van der Waals surface area (Å²) < 4.78 is 36.6. The van der Waals surface area contributed by atoms with Gasteiger partial charge >= 0.3 is 5.51 Å². The van der Waals surface area contributed by atoms with E-state index in [-0.39, 0.29) is 22.6 Å². The van der Waals surface area contributed by atoms with Crippen molar-refractivity contribution < 1.29 is 18.0 Å². The molecule has 0 saturated carbocycles. The van der Waals surface area contributed by atoms with Crippen molar-refractivity contribution in [3.63, 3.8) is 0 Å². The lowest BCUT2D eigenvalue weighted by Gasteiger charge is -2.15. The Bertz CT molecular complexity index is 459. The van der Waals surface area contributed by atoms with Crippen LogP contribution < -0.4 is 4.90 Å². The minimum atomic E-state index is -4.27. The van der Waals surface area contributed by atoms with Crippen LogP contribution in [0.1, 0.15) is 12.5 Å². The highest BCUT2D eigenvalue weighted by atomic mass is 32.2. The monoisotopic (exact) mass is 261 g/mol. The Labute approximate surface area is 101 Å². The number of carbonyl (C=O) groups is 1. The molecule has 2 nitrogen and oxygen atoms in total. The van der Waals surface area contributed by atoms with E-state index in [0.717, 1.165) is 11.3 Å². The summed E-state index contributed by atoms with van der Waals surface area (Å²) in [4.78, 5) is 13.0. The zero-order valence-electron chi connectivity index (χ0n) is 9.04. The van der Waals surface area contributed by atoms with Crippen LogP contribution in [0.2, 0.25) is 0 Å². The maximum absolute atomic E-state index is 12.2. The van der Waals surface area contributed by atoms with Gasteiger partial charge in [-0.2, -0.15) is 13.2 Å². The van der Waals surface area contributed by atoms with Gasteiger partial charge in [0.2, 0.25) is 5.91 Å². The van der Waals surface area contributed by atoms with Gasteiger partial charge in [0.15, 0.2) is 0 Å². The molecule has 0 spiro atoms. The predicted molar refractivity (Wildman–Crippen MR) is 60.1 cm³/mol. The van der Waals surface area contributed by atoms with Crippen LogP contribution in [0.5, 0.6) is 0 Å². The fourth-order valence-electron chi connectivity index (χ4n) is 1.90. The standard InChI is InChI=1S/C11H10F3NOS/c1-7(16)15-5-4-8-6-9(2-3-10(8)15)17-11(12,13)14/h2-3,6H,4-5H2,1H3. The highest BCUT2D eigenvalue weighted by molar-refractivity contribution is 8.00. The zero-order valence-corrected chi connectivity index (χ0v) is 9.86. The average molecular weight is 261 g/mol. The number of fused-ring (bicyclic) bond motifs is 1. The molecule has 1 aromatic carbocycles. The molecule has 0 saturated heterocycles. The summed E-state index contributed by atoms with van der Waals surface area (Å²) in [5.74, 6) is -0.0834. The molecule has 2 rings (SSSR count). The molecular weight excluding hydrogens is 251 g/mol. The number of rotatable bonds is 1. The van der Waals surface area contributed by atoms with E-state index in [1.807, 2.05) is 0 Å². The lowest BCUT2D eigenvalue weighted by molar-refractivity contribution is -0.116. The molecule has 0 fully saturated rings. The third-order valence-corrected chi connectivity index (χ3v) is 3.28. The number of anilines is 1. The second kappa shape index (κ2) is 4.25. The Morgan fingerprint density at radius 2 is 2.12 bits per heavy atom. The second-order valence-corrected chi connectivity index (χ2v) is 4.90. The molecule has 17 heavy (non-hydrogen) atoms. The highest BCUT2D eigenvalue weighted by Gasteiger charge is 2.30. The van der Waals surface area contributed by atoms with Crippen molar-refractivity contribution in [1.29, 1.82) is 0 Å². The maximum atomic E-state index is 12.2. The van der Waals surface area contributed by atoms with Crippen molar-refractivity contribution in [2.45, 2.75) is 23.7 Å². The summed E-state index contributed by atoms with van der Waals surface area (Å²) in [7, 11) is 0. The van der Waals surface area contributed by atoms with E-state index in [9.17, 15) is 18.0 Å². The van der Waals surface area contributed by atoms with Crippen LogP contribution in [0.4, 0.5) is 18.9 Å². The van der Waals surface area contributed by atoms with E-state index in [1.54, 1.807) is 11.0 Å². The second-order valence-electron chi connectivity index (χ2n) is 3.76. The van der Waals surface area contributed by atoms with Gasteiger partial charge in [-0.05, 0) is 41.9 Å². The van der Waals surface area contributed by atoms with Crippen molar-refractivity contribution >= 4 is 23.4 Å². The molecule has 1 aliphatic rings. The molecular formula is C11H10F3NOS. The molecule has 6 heteroatoms. The Morgan fingerprint density at radius 1 is 1.41 bits per heavy atom. The lowest BCUT2D eigenvalue weighted by atomic mass is 10.2. The molecule has 92 valence electrons. The van der Waals surface area contributed by atoms with E-state index in [0.29, 0.717) is 13.0 Å². The van der Waals surface area contributed by atoms with Crippen LogP contribution in [0.25, 0.3) is 0 Å². The minimum absolute atomic E-state index is 0.0834. The molecule has 0 N–H and O–H groups in total. The van der Waals surface area contributed by atoms with Crippen LogP contribution in [0.15, 0.2) is 23.1 Å². The van der Waals surface area contributed by atoms with Crippen molar-refractivity contribution in [3.8, 4) is 0 Å². The van der Waals surface area contributed by atoms with Crippen molar-refractivity contribution in [2.24, 2.45) is 0 Å². The SMILES string of the molecule is CC(=O)N1CCc2cc(SC(F)(F)F)ccc21. The van der Waals surface area contributed by atoms with Gasteiger partial charge in [0.25, 0.3) is 0 Å². The number of halogens is 3. The van der Waals surface area contributed by atoms with Crippen LogP contribution in [-0.4, -0.2) is 18.0 Å². The first-order valence-electron chi connectivity index (χ1n) is 5.03. The molecule has 0 aromatic heterocycles. The summed E-state index contributed by atoms with van der Waals surface area (Å²) >= 11 is -0.127. The Morgan fingerprint density at radius 3 is 2.71 bits per heavy atom. The number of amides is 1. The van der Waals surface area contributed by atoms with E-state index in [2.05, 4.69) is 0 Å². The number of benzene rings is 1. The van der Waals surface area contributed by atoms with Crippen LogP contribution in [0.3, 0.4) is 0 Å². The summed E-state index contributed by atoms with van der Waals surface area (Å²) in [5.41, 5.74) is -2.74. The molecule has 0 bridgehead atoms. The number of carbonyl (C=O) groups excluding carboxylic acids is 1. The Kier molecular flexibility index (Phi) is 3.07. The smallest absolute Gasteiger partial charge is 0.312 e. The lowest BCUT2D eigenvalue weighted by Crippen LogP contribution is -2.25. The summed E-state index contributed by atoms with van der Waals surface area (Å²) in [6.45, 7) is 2.00. The van der Waals surface area contributed by atoms with Crippen molar-refractivity contribution in [2.75, 3.05) is 11.4 Å². The molecule has 1 aromatic rings. The molecule has 0 aliphatic carbocycles. The third kappa shape index (κ3) is 2.74. The van der Waals surface area contributed by atoms with Crippen molar-refractivity contribution in [3.05, 3.63) is 23.8 Å². The zero-order chi connectivity index (χ0) is 12.6. The Hall–Kier alpha value is -1.17. The summed E-state index contributed by atoms with van der Waals surface area (Å²) in [5, 5.41) is 0. The molecule has 0 atom stereocenters. The van der Waals surface area contributed by atoms with Gasteiger partial charge in [-0.15, -0.1) is 0 Å². The number of hydrogen-bond acceptors (Lipinski definition) is 2. The number of alkyl halides is 3. The van der Waals surface area contributed by atoms with Gasteiger partial charge in [-0.25, -0.2) is 0 Å². The molecule has 1 aliphatic heterocycles. The van der Waals surface area contributed by atoms with E-state index in [1.165, 1.54) is 19.1 Å². The van der Waals surface area contributed by atoms with Gasteiger partial charge in [0.1, 0.15) is 0 Å². The first-order valence-corrected chi connectivity index (χ1v) is 5.85. The van der Waals surface area contributed by atoms with Crippen LogP contribution in [-0.2, 0) is 11.2 Å². The van der Waals surface area contributed by atoms with Gasteiger partial charge in [-0.3, -0.25) is 4.79 Å². The largest absolute Gasteiger partial charge is 0.446 e. The first-order chi connectivity index (χ1) is 7.87. The average Bonchev–Trinajstić information content (AvgIpc) is 2.57. The molecule has 0 radical (unpaired) electrons. The number of nitrogens with zero attached hydrogens (tertiary/aromatic N) is 1. The third-order valence-electron chi connectivity index (χ3n) is 2.56. The van der Waals surface area contributed by atoms with Gasteiger partial charge in [-0.1, -0.05) is 0 Å². The molecule has 0 unspecified atom stereocenters. The van der Waals surface area contributed by atoms with E-state index in [4.69, 9.17) is 0 Å². The fourth-order valence-corrected chi connectivity index (χ4v) is 2.51. The molecule has 1 heterocycles. The van der Waals surface area contributed by atoms with Crippen LogP contribution >= 0.6 is 11.8 Å². The predicted octanol–water partition coefficient (Wildman–Crippen LogP) is 3.21. The Balaban J connectivity index is 2.25. The number of hydrogen-bond donors (Lipinski definition) is 0. The minimum Gasteiger partial charge on any atom is -0.312 e. The topological polar surface area (TPSA) is 20.3 Å². The van der Waals surface area contributed by atoms with Gasteiger partial charge in [0.05, 0.1) is 0 Å². The van der Waals surface area contributed by atoms with Crippen molar-refractivity contribution in [1.82, 2.24) is 0 Å². The summed E-state index contributed by atoms with van der Waals surface area (Å²) in [6.07, 6.45) is 0.612. The van der Waals surface area contributed by atoms with Gasteiger partial charge < -0.3 is 4.90 Å². The van der Waals surface area contributed by atoms with E-state index >= 15 is 0 Å². The van der Waals surface area contributed by atoms with E-state index < -0.39 is 5.51 Å².